The predicted octanol–water partition coefficient (Wildman–Crippen LogP) is 2.19. The smallest absolute Gasteiger partial charge is 0.264 e. The van der Waals surface area contributed by atoms with Gasteiger partial charge in [-0.25, -0.2) is 0 Å². The van der Waals surface area contributed by atoms with E-state index in [1.165, 1.54) is 0 Å². The monoisotopic (exact) mass is 343 g/mol. The summed E-state index contributed by atoms with van der Waals surface area (Å²) in [5.74, 6) is 2.70. The Balaban J connectivity index is 1.29. The average molecular weight is 343 g/mol. The lowest BCUT2D eigenvalue weighted by Crippen LogP contribution is -2.63. The second kappa shape index (κ2) is 5.37. The van der Waals surface area contributed by atoms with Gasteiger partial charge in [-0.05, 0) is 74.5 Å². The first-order valence-corrected chi connectivity index (χ1v) is 9.42. The van der Waals surface area contributed by atoms with Gasteiger partial charge in [-0.3, -0.25) is 4.79 Å². The fourth-order valence-electron chi connectivity index (χ4n) is 5.78. The Morgan fingerprint density at radius 1 is 1.20 bits per heavy atom. The van der Waals surface area contributed by atoms with Crippen LogP contribution in [0.1, 0.15) is 37.7 Å². The van der Waals surface area contributed by atoms with Gasteiger partial charge in [-0.2, -0.15) is 0 Å². The van der Waals surface area contributed by atoms with Gasteiger partial charge in [0.05, 0.1) is 5.60 Å². The maximum Gasteiger partial charge on any atom is 0.264 e. The van der Waals surface area contributed by atoms with Gasteiger partial charge in [-0.1, -0.05) is 6.07 Å². The first kappa shape index (κ1) is 15.5. The summed E-state index contributed by atoms with van der Waals surface area (Å²) >= 11 is 0. The van der Waals surface area contributed by atoms with Crippen LogP contribution in [0.3, 0.4) is 0 Å². The highest BCUT2D eigenvalue weighted by Gasteiger charge is 2.55. The summed E-state index contributed by atoms with van der Waals surface area (Å²) in [5, 5.41) is 13.9. The van der Waals surface area contributed by atoms with E-state index in [4.69, 9.17) is 9.47 Å². The van der Waals surface area contributed by atoms with E-state index in [2.05, 4.69) is 5.32 Å². The van der Waals surface area contributed by atoms with E-state index in [9.17, 15) is 9.90 Å². The minimum atomic E-state index is -0.602. The van der Waals surface area contributed by atoms with Crippen molar-refractivity contribution in [1.82, 2.24) is 5.32 Å². The summed E-state index contributed by atoms with van der Waals surface area (Å²) in [4.78, 5) is 12.8. The third-order valence-corrected chi connectivity index (χ3v) is 6.60. The Morgan fingerprint density at radius 2 is 1.96 bits per heavy atom. The van der Waals surface area contributed by atoms with Crippen molar-refractivity contribution in [2.45, 2.75) is 56.8 Å². The molecule has 1 aliphatic heterocycles. The van der Waals surface area contributed by atoms with Crippen LogP contribution in [0.5, 0.6) is 11.5 Å². The molecule has 25 heavy (non-hydrogen) atoms. The summed E-state index contributed by atoms with van der Waals surface area (Å²) in [7, 11) is 0. The number of carbonyl (C=O) groups is 1. The number of amides is 1. The molecule has 4 aliphatic carbocycles. The minimum absolute atomic E-state index is 0.0865. The summed E-state index contributed by atoms with van der Waals surface area (Å²) in [6, 6.07) is 5.94. The first-order chi connectivity index (χ1) is 12.0. The molecule has 1 aromatic rings. The standard InChI is InChI=1S/C20H25NO4/c1-11-2-3-15-16(4-11)25-17(10-24-15)19(22)21-18-13-5-12-6-14(18)9-20(23,7-12)8-13/h2-4,12-14,17-18,23H,5-10H2,1H3,(H,21,22)/t12?,13-,14+,17?,18?,20?. The van der Waals surface area contributed by atoms with Crippen LogP contribution in [-0.2, 0) is 4.79 Å². The number of aliphatic hydroxyl groups is 1. The Bertz CT molecular complexity index is 702. The summed E-state index contributed by atoms with van der Waals surface area (Å²) < 4.78 is 11.6. The number of fused-ring (bicyclic) bond motifs is 1. The highest BCUT2D eigenvalue weighted by atomic mass is 16.6. The second-order valence-electron chi connectivity index (χ2n) is 8.60. The number of ether oxygens (including phenoxy) is 2. The highest BCUT2D eigenvalue weighted by Crippen LogP contribution is 2.55. The van der Waals surface area contributed by atoms with Gasteiger partial charge < -0.3 is 19.9 Å². The Labute approximate surface area is 147 Å². The largest absolute Gasteiger partial charge is 0.485 e. The molecule has 4 unspecified atom stereocenters. The van der Waals surface area contributed by atoms with E-state index in [-0.39, 0.29) is 18.6 Å². The van der Waals surface area contributed by atoms with Crippen molar-refractivity contribution in [3.63, 3.8) is 0 Å². The van der Waals surface area contributed by atoms with E-state index in [1.54, 1.807) is 0 Å². The maximum atomic E-state index is 12.8. The van der Waals surface area contributed by atoms with Crippen LogP contribution >= 0.6 is 0 Å². The molecule has 5 nitrogen and oxygen atoms in total. The molecule has 134 valence electrons. The lowest BCUT2D eigenvalue weighted by atomic mass is 9.52. The fourth-order valence-corrected chi connectivity index (χ4v) is 5.78. The first-order valence-electron chi connectivity index (χ1n) is 9.42. The van der Waals surface area contributed by atoms with Crippen LogP contribution in [0.25, 0.3) is 0 Å². The molecule has 6 rings (SSSR count). The minimum Gasteiger partial charge on any atom is -0.485 e. The molecule has 6 atom stereocenters. The van der Waals surface area contributed by atoms with Gasteiger partial charge in [0.2, 0.25) is 6.10 Å². The number of aryl methyl sites for hydroxylation is 1. The SMILES string of the molecule is Cc1ccc2c(c1)OC(C(=O)NC1[C@@H]3CC4C[C@H]1CC(O)(C4)C3)CO2. The van der Waals surface area contributed by atoms with Gasteiger partial charge in [0.15, 0.2) is 11.5 Å². The van der Waals surface area contributed by atoms with Crippen molar-refractivity contribution in [2.24, 2.45) is 17.8 Å². The molecule has 1 amide bonds. The van der Waals surface area contributed by atoms with Crippen LogP contribution in [-0.4, -0.2) is 35.4 Å². The van der Waals surface area contributed by atoms with Crippen molar-refractivity contribution >= 4 is 5.91 Å². The van der Waals surface area contributed by atoms with Crippen LogP contribution in [0.4, 0.5) is 0 Å². The molecule has 1 aromatic carbocycles. The lowest BCUT2D eigenvalue weighted by molar-refractivity contribution is -0.150. The zero-order valence-corrected chi connectivity index (χ0v) is 14.5. The molecule has 2 N–H and O–H groups in total. The predicted molar refractivity (Wildman–Crippen MR) is 91.5 cm³/mol. The van der Waals surface area contributed by atoms with Crippen molar-refractivity contribution < 1.29 is 19.4 Å². The molecular weight excluding hydrogens is 318 g/mol. The molecule has 0 radical (unpaired) electrons. The van der Waals surface area contributed by atoms with Gasteiger partial charge >= 0.3 is 0 Å². The third kappa shape index (κ3) is 2.60. The van der Waals surface area contributed by atoms with Crippen LogP contribution < -0.4 is 14.8 Å². The van der Waals surface area contributed by atoms with Crippen LogP contribution in [0, 0.1) is 24.7 Å². The summed E-state index contributed by atoms with van der Waals surface area (Å²) in [5.41, 5.74) is 0.608. The van der Waals surface area contributed by atoms with E-state index < -0.39 is 11.7 Å². The molecular formula is C20H25NO4. The molecule has 4 saturated carbocycles. The van der Waals surface area contributed by atoms with Crippen molar-refractivity contribution in [2.75, 3.05) is 6.61 Å². The molecule has 1 heterocycles. The molecule has 4 fully saturated rings. The fraction of sp³-hybridized carbons (Fsp3) is 0.650. The van der Waals surface area contributed by atoms with Gasteiger partial charge in [-0.15, -0.1) is 0 Å². The molecule has 4 bridgehead atoms. The maximum absolute atomic E-state index is 12.8. The van der Waals surface area contributed by atoms with E-state index in [1.807, 2.05) is 25.1 Å². The van der Waals surface area contributed by atoms with Gasteiger partial charge in [0, 0.05) is 6.04 Å². The van der Waals surface area contributed by atoms with Gasteiger partial charge in [0.1, 0.15) is 6.61 Å². The third-order valence-electron chi connectivity index (χ3n) is 6.60. The number of carbonyl (C=O) groups excluding carboxylic acids is 1. The Morgan fingerprint density at radius 3 is 2.68 bits per heavy atom. The molecule has 5 aliphatic rings. The van der Waals surface area contributed by atoms with Crippen LogP contribution in [0.15, 0.2) is 18.2 Å². The Kier molecular flexibility index (Phi) is 3.33. The molecule has 0 spiro atoms. The second-order valence-corrected chi connectivity index (χ2v) is 8.60. The van der Waals surface area contributed by atoms with E-state index in [0.717, 1.165) is 37.7 Å². The normalized spacial score (nSPS) is 40.8. The van der Waals surface area contributed by atoms with E-state index in [0.29, 0.717) is 29.3 Å². The van der Waals surface area contributed by atoms with E-state index >= 15 is 0 Å². The number of hydrogen-bond acceptors (Lipinski definition) is 4. The number of benzene rings is 1. The molecule has 5 heteroatoms. The van der Waals surface area contributed by atoms with Crippen molar-refractivity contribution in [1.29, 1.82) is 0 Å². The van der Waals surface area contributed by atoms with Crippen LogP contribution in [0.2, 0.25) is 0 Å². The topological polar surface area (TPSA) is 67.8 Å². The average Bonchev–Trinajstić information content (AvgIpc) is 2.55. The lowest BCUT2D eigenvalue weighted by Gasteiger charge is -2.58. The summed E-state index contributed by atoms with van der Waals surface area (Å²) in [6.45, 7) is 2.24. The highest BCUT2D eigenvalue weighted by molar-refractivity contribution is 5.82. The summed E-state index contributed by atoms with van der Waals surface area (Å²) in [6.07, 6.45) is 4.27. The Hall–Kier alpha value is -1.75. The number of nitrogens with one attached hydrogen (secondary N) is 1. The van der Waals surface area contributed by atoms with Gasteiger partial charge in [0.25, 0.3) is 5.91 Å². The van der Waals surface area contributed by atoms with Crippen molar-refractivity contribution in [3.05, 3.63) is 23.8 Å². The zero-order valence-electron chi connectivity index (χ0n) is 14.5. The zero-order chi connectivity index (χ0) is 17.2. The quantitative estimate of drug-likeness (QED) is 0.864. The number of hydrogen-bond donors (Lipinski definition) is 2. The molecule has 0 saturated heterocycles. The number of rotatable bonds is 2. The van der Waals surface area contributed by atoms with Crippen molar-refractivity contribution in [3.8, 4) is 11.5 Å². The molecule has 0 aromatic heterocycles.